The van der Waals surface area contributed by atoms with Crippen molar-refractivity contribution < 1.29 is 23.8 Å². The van der Waals surface area contributed by atoms with Crippen LogP contribution in [0.1, 0.15) is 26.3 Å². The number of carbonyl (C=O) groups is 2. The zero-order valence-corrected chi connectivity index (χ0v) is 10.9. The minimum Gasteiger partial charge on any atom is -0.488 e. The highest BCUT2D eigenvalue weighted by Crippen LogP contribution is 2.22. The van der Waals surface area contributed by atoms with Gasteiger partial charge >= 0.3 is 5.97 Å². The topological polar surface area (TPSA) is 89.6 Å². The van der Waals surface area contributed by atoms with E-state index in [4.69, 9.17) is 15.6 Å². The Morgan fingerprint density at radius 2 is 1.81 bits per heavy atom. The lowest BCUT2D eigenvalue weighted by molar-refractivity contribution is 0.0696. The molecule has 0 fully saturated rings. The van der Waals surface area contributed by atoms with Gasteiger partial charge in [-0.2, -0.15) is 0 Å². The molecule has 0 saturated carbocycles. The van der Waals surface area contributed by atoms with Crippen molar-refractivity contribution in [1.29, 1.82) is 0 Å². The molecule has 1 amide bonds. The van der Waals surface area contributed by atoms with Crippen LogP contribution in [-0.2, 0) is 6.61 Å². The Morgan fingerprint density at radius 1 is 1.14 bits per heavy atom. The summed E-state index contributed by atoms with van der Waals surface area (Å²) < 4.78 is 18.9. The number of rotatable bonds is 5. The number of aromatic carboxylic acids is 1. The minimum atomic E-state index is -1.02. The maximum Gasteiger partial charge on any atom is 0.335 e. The number of hydrogen-bond acceptors (Lipinski definition) is 3. The number of carboxylic acid groups (broad SMARTS) is 1. The predicted molar refractivity (Wildman–Crippen MR) is 72.7 cm³/mol. The normalized spacial score (nSPS) is 10.1. The number of amides is 1. The van der Waals surface area contributed by atoms with Crippen LogP contribution in [0.3, 0.4) is 0 Å². The summed E-state index contributed by atoms with van der Waals surface area (Å²) in [5.41, 5.74) is 5.64. The van der Waals surface area contributed by atoms with Gasteiger partial charge in [0.05, 0.1) is 5.56 Å². The van der Waals surface area contributed by atoms with Crippen molar-refractivity contribution in [2.75, 3.05) is 0 Å². The second-order valence-corrected chi connectivity index (χ2v) is 4.27. The van der Waals surface area contributed by atoms with Crippen LogP contribution in [0.5, 0.6) is 5.75 Å². The fourth-order valence-corrected chi connectivity index (χ4v) is 1.77. The standard InChI is InChI=1S/C15H12FNO4/c16-11-2-1-3-12(13(11)14(17)18)21-8-9-4-6-10(7-5-9)15(19)20/h1-7H,8H2,(H2,17,18)(H,19,20). The molecule has 0 heterocycles. The molecular weight excluding hydrogens is 277 g/mol. The summed E-state index contributed by atoms with van der Waals surface area (Å²) in [5.74, 6) is -2.64. The van der Waals surface area contributed by atoms with E-state index in [1.807, 2.05) is 0 Å². The van der Waals surface area contributed by atoms with Gasteiger partial charge in [-0.25, -0.2) is 9.18 Å². The smallest absolute Gasteiger partial charge is 0.335 e. The number of carboxylic acids is 1. The van der Waals surface area contributed by atoms with Gasteiger partial charge in [0.2, 0.25) is 0 Å². The number of benzene rings is 2. The minimum absolute atomic E-state index is 0.0461. The summed E-state index contributed by atoms with van der Waals surface area (Å²) in [6, 6.07) is 9.98. The van der Waals surface area contributed by atoms with Crippen molar-refractivity contribution in [2.24, 2.45) is 5.73 Å². The Hall–Kier alpha value is -2.89. The number of ether oxygens (including phenoxy) is 1. The van der Waals surface area contributed by atoms with Crippen LogP contribution < -0.4 is 10.5 Å². The average Bonchev–Trinajstić information content (AvgIpc) is 2.45. The van der Waals surface area contributed by atoms with Gasteiger partial charge in [0.25, 0.3) is 5.91 Å². The predicted octanol–water partition coefficient (Wildman–Crippen LogP) is 2.20. The summed E-state index contributed by atoms with van der Waals surface area (Å²) in [7, 11) is 0. The van der Waals surface area contributed by atoms with Crippen LogP contribution in [0.25, 0.3) is 0 Å². The van der Waals surface area contributed by atoms with E-state index in [9.17, 15) is 14.0 Å². The molecule has 2 aromatic rings. The van der Waals surface area contributed by atoms with Crippen LogP contribution in [-0.4, -0.2) is 17.0 Å². The molecule has 0 aliphatic heterocycles. The molecule has 6 heteroatoms. The molecule has 0 unspecified atom stereocenters. The lowest BCUT2D eigenvalue weighted by Crippen LogP contribution is -2.15. The number of carbonyl (C=O) groups excluding carboxylic acids is 1. The molecule has 0 radical (unpaired) electrons. The molecule has 0 aliphatic rings. The third-order valence-corrected chi connectivity index (χ3v) is 2.82. The zero-order chi connectivity index (χ0) is 15.4. The molecule has 0 aromatic heterocycles. The molecule has 2 aromatic carbocycles. The first kappa shape index (κ1) is 14.5. The van der Waals surface area contributed by atoms with Crippen LogP contribution in [0.2, 0.25) is 0 Å². The van der Waals surface area contributed by atoms with Crippen molar-refractivity contribution >= 4 is 11.9 Å². The Balaban J connectivity index is 2.15. The van der Waals surface area contributed by atoms with E-state index in [-0.39, 0.29) is 23.5 Å². The van der Waals surface area contributed by atoms with Crippen LogP contribution >= 0.6 is 0 Å². The van der Waals surface area contributed by atoms with Crippen LogP contribution in [0, 0.1) is 5.82 Å². The second-order valence-electron chi connectivity index (χ2n) is 4.27. The highest BCUT2D eigenvalue weighted by molar-refractivity contribution is 5.95. The Bertz CT molecular complexity index is 683. The summed E-state index contributed by atoms with van der Waals surface area (Å²) in [4.78, 5) is 21.9. The third-order valence-electron chi connectivity index (χ3n) is 2.82. The van der Waals surface area contributed by atoms with Crippen molar-refractivity contribution in [3.8, 4) is 5.75 Å². The lowest BCUT2D eigenvalue weighted by atomic mass is 10.1. The molecule has 108 valence electrons. The van der Waals surface area contributed by atoms with E-state index in [1.54, 1.807) is 12.1 Å². The van der Waals surface area contributed by atoms with Gasteiger partial charge in [0.15, 0.2) is 0 Å². The van der Waals surface area contributed by atoms with E-state index in [1.165, 1.54) is 24.3 Å². The van der Waals surface area contributed by atoms with Crippen molar-refractivity contribution in [3.63, 3.8) is 0 Å². The van der Waals surface area contributed by atoms with E-state index >= 15 is 0 Å². The average molecular weight is 289 g/mol. The summed E-state index contributed by atoms with van der Waals surface area (Å²) >= 11 is 0. The fourth-order valence-electron chi connectivity index (χ4n) is 1.77. The maximum absolute atomic E-state index is 13.5. The molecule has 21 heavy (non-hydrogen) atoms. The van der Waals surface area contributed by atoms with Crippen LogP contribution in [0.4, 0.5) is 4.39 Å². The Morgan fingerprint density at radius 3 is 2.38 bits per heavy atom. The monoisotopic (exact) mass is 289 g/mol. The highest BCUT2D eigenvalue weighted by atomic mass is 19.1. The molecule has 2 rings (SSSR count). The molecule has 0 atom stereocenters. The largest absolute Gasteiger partial charge is 0.488 e. The lowest BCUT2D eigenvalue weighted by Gasteiger charge is -2.10. The van der Waals surface area contributed by atoms with E-state index in [0.29, 0.717) is 5.56 Å². The first-order chi connectivity index (χ1) is 9.99. The summed E-state index contributed by atoms with van der Waals surface area (Å²) in [5, 5.41) is 8.79. The van der Waals surface area contributed by atoms with Gasteiger partial charge < -0.3 is 15.6 Å². The molecule has 3 N–H and O–H groups in total. The summed E-state index contributed by atoms with van der Waals surface area (Å²) in [6.45, 7) is 0.0592. The number of nitrogens with two attached hydrogens (primary N) is 1. The third kappa shape index (κ3) is 3.36. The quantitative estimate of drug-likeness (QED) is 0.883. The SMILES string of the molecule is NC(=O)c1c(F)cccc1OCc1ccc(C(=O)O)cc1. The molecule has 0 spiro atoms. The van der Waals surface area contributed by atoms with Crippen molar-refractivity contribution in [3.05, 3.63) is 65.0 Å². The van der Waals surface area contributed by atoms with E-state index < -0.39 is 17.7 Å². The molecule has 5 nitrogen and oxygen atoms in total. The second kappa shape index (κ2) is 6.04. The van der Waals surface area contributed by atoms with Crippen molar-refractivity contribution in [2.45, 2.75) is 6.61 Å². The fraction of sp³-hybridized carbons (Fsp3) is 0.0667. The highest BCUT2D eigenvalue weighted by Gasteiger charge is 2.15. The van der Waals surface area contributed by atoms with Gasteiger partial charge in [-0.15, -0.1) is 0 Å². The zero-order valence-electron chi connectivity index (χ0n) is 10.9. The number of halogens is 1. The molecular formula is C15H12FNO4. The number of hydrogen-bond donors (Lipinski definition) is 2. The molecule has 0 saturated heterocycles. The first-order valence-electron chi connectivity index (χ1n) is 6.02. The summed E-state index contributed by atoms with van der Waals surface area (Å²) in [6.07, 6.45) is 0. The Labute approximate surface area is 119 Å². The van der Waals surface area contributed by atoms with Gasteiger partial charge in [-0.1, -0.05) is 18.2 Å². The van der Waals surface area contributed by atoms with E-state index in [0.717, 1.165) is 6.07 Å². The van der Waals surface area contributed by atoms with Crippen molar-refractivity contribution in [1.82, 2.24) is 0 Å². The molecule has 0 bridgehead atoms. The number of primary amides is 1. The van der Waals surface area contributed by atoms with Gasteiger partial charge in [0, 0.05) is 0 Å². The van der Waals surface area contributed by atoms with Gasteiger partial charge in [-0.05, 0) is 29.8 Å². The maximum atomic E-state index is 13.5. The Kier molecular flexibility index (Phi) is 4.18. The molecule has 0 aliphatic carbocycles. The van der Waals surface area contributed by atoms with Crippen LogP contribution in [0.15, 0.2) is 42.5 Å². The van der Waals surface area contributed by atoms with Gasteiger partial charge in [-0.3, -0.25) is 4.79 Å². The van der Waals surface area contributed by atoms with E-state index in [2.05, 4.69) is 0 Å². The van der Waals surface area contributed by atoms with Gasteiger partial charge in [0.1, 0.15) is 23.7 Å². The first-order valence-corrected chi connectivity index (χ1v) is 6.02.